The fraction of sp³-hybridized carbons (Fsp3) is 0.667. The van der Waals surface area contributed by atoms with E-state index in [-0.39, 0.29) is 6.61 Å². The maximum atomic E-state index is 10.1. The molecule has 5 heteroatoms. The molecular weight excluding hydrogens is 128 g/mol. The molecule has 0 aliphatic heterocycles. The molecule has 0 aliphatic carbocycles. The number of hydrazine groups is 1. The Morgan fingerprint density at radius 3 is 2.88 bits per heavy atom. The number of nitrogens with one attached hydrogen (secondary N) is 1. The van der Waals surface area contributed by atoms with Crippen LogP contribution in [0.15, 0.2) is 0 Å². The molecular formula is C3H8N2O2S. The van der Waals surface area contributed by atoms with Gasteiger partial charge in [0.1, 0.15) is 6.61 Å². The van der Waals surface area contributed by atoms with Crippen molar-refractivity contribution >= 4 is 18.7 Å². The molecule has 0 aliphatic rings. The van der Waals surface area contributed by atoms with Crippen LogP contribution in [-0.2, 0) is 4.74 Å². The molecule has 0 heterocycles. The van der Waals surface area contributed by atoms with E-state index in [1.165, 1.54) is 0 Å². The first-order valence-corrected chi connectivity index (χ1v) is 2.68. The van der Waals surface area contributed by atoms with E-state index in [1.807, 2.05) is 0 Å². The van der Waals surface area contributed by atoms with Gasteiger partial charge in [-0.3, -0.25) is 5.43 Å². The molecule has 0 fully saturated rings. The third kappa shape index (κ3) is 3.76. The molecule has 0 unspecified atom stereocenters. The molecule has 3 N–H and O–H groups in total. The van der Waals surface area contributed by atoms with Crippen molar-refractivity contribution in [2.24, 2.45) is 5.84 Å². The Balaban J connectivity index is 2.99. The highest BCUT2D eigenvalue weighted by atomic mass is 32.1. The van der Waals surface area contributed by atoms with Crippen LogP contribution in [0.3, 0.4) is 0 Å². The molecule has 0 saturated heterocycles. The number of ether oxygens (including phenoxy) is 1. The number of nitrogens with two attached hydrogens (primary N) is 1. The van der Waals surface area contributed by atoms with Crippen molar-refractivity contribution in [3.63, 3.8) is 0 Å². The van der Waals surface area contributed by atoms with E-state index >= 15 is 0 Å². The lowest BCUT2D eigenvalue weighted by Gasteiger charge is -1.98. The Morgan fingerprint density at radius 2 is 2.50 bits per heavy atom. The van der Waals surface area contributed by atoms with Gasteiger partial charge < -0.3 is 4.74 Å². The quantitative estimate of drug-likeness (QED) is 0.208. The summed E-state index contributed by atoms with van der Waals surface area (Å²) in [5.41, 5.74) is 1.80. The molecule has 8 heavy (non-hydrogen) atoms. The van der Waals surface area contributed by atoms with Crippen molar-refractivity contribution < 1.29 is 9.53 Å². The van der Waals surface area contributed by atoms with Gasteiger partial charge in [0, 0.05) is 5.75 Å². The van der Waals surface area contributed by atoms with Gasteiger partial charge in [-0.05, 0) is 0 Å². The Bertz CT molecular complexity index is 77.7. The molecule has 0 radical (unpaired) electrons. The highest BCUT2D eigenvalue weighted by Crippen LogP contribution is 1.76. The van der Waals surface area contributed by atoms with Crippen molar-refractivity contribution in [2.75, 3.05) is 12.4 Å². The summed E-state index contributed by atoms with van der Waals surface area (Å²) in [4.78, 5) is 10.1. The average Bonchev–Trinajstić information content (AvgIpc) is 1.83. The van der Waals surface area contributed by atoms with Crippen LogP contribution in [0.25, 0.3) is 0 Å². The Hall–Kier alpha value is -0.420. The van der Waals surface area contributed by atoms with Crippen molar-refractivity contribution in [3.8, 4) is 0 Å². The minimum atomic E-state index is -0.626. The van der Waals surface area contributed by atoms with E-state index in [1.54, 1.807) is 5.43 Å². The summed E-state index contributed by atoms with van der Waals surface area (Å²) in [5, 5.41) is 0. The first-order valence-electron chi connectivity index (χ1n) is 2.05. The van der Waals surface area contributed by atoms with Crippen LogP contribution < -0.4 is 11.3 Å². The summed E-state index contributed by atoms with van der Waals surface area (Å²) in [5.74, 6) is 5.17. The molecule has 1 amide bonds. The van der Waals surface area contributed by atoms with Crippen LogP contribution >= 0.6 is 12.6 Å². The zero-order valence-electron chi connectivity index (χ0n) is 4.26. The smallest absolute Gasteiger partial charge is 0.421 e. The lowest BCUT2D eigenvalue weighted by atomic mass is 10.8. The monoisotopic (exact) mass is 136 g/mol. The lowest BCUT2D eigenvalue weighted by molar-refractivity contribution is 0.153. The van der Waals surface area contributed by atoms with Crippen LogP contribution in [0.1, 0.15) is 0 Å². The molecule has 0 aromatic carbocycles. The maximum Gasteiger partial charge on any atom is 0.421 e. The van der Waals surface area contributed by atoms with Gasteiger partial charge in [-0.15, -0.1) is 0 Å². The van der Waals surface area contributed by atoms with Gasteiger partial charge in [0.2, 0.25) is 0 Å². The van der Waals surface area contributed by atoms with Crippen LogP contribution in [0.4, 0.5) is 4.79 Å². The predicted molar refractivity (Wildman–Crippen MR) is 32.5 cm³/mol. The molecule has 0 atom stereocenters. The largest absolute Gasteiger partial charge is 0.448 e. The molecule has 0 aromatic rings. The summed E-state index contributed by atoms with van der Waals surface area (Å²) in [7, 11) is 0. The van der Waals surface area contributed by atoms with E-state index < -0.39 is 6.09 Å². The summed E-state index contributed by atoms with van der Waals surface area (Å²) in [6.07, 6.45) is -0.626. The van der Waals surface area contributed by atoms with Crippen LogP contribution in [-0.4, -0.2) is 18.5 Å². The van der Waals surface area contributed by atoms with Gasteiger partial charge in [0.25, 0.3) is 0 Å². The first kappa shape index (κ1) is 7.58. The summed E-state index contributed by atoms with van der Waals surface area (Å²) in [6, 6.07) is 0. The molecule has 0 aromatic heterocycles. The van der Waals surface area contributed by atoms with E-state index in [9.17, 15) is 4.79 Å². The van der Waals surface area contributed by atoms with E-state index in [0.717, 1.165) is 0 Å². The van der Waals surface area contributed by atoms with Crippen molar-refractivity contribution in [1.29, 1.82) is 0 Å². The van der Waals surface area contributed by atoms with Crippen molar-refractivity contribution in [1.82, 2.24) is 5.43 Å². The standard InChI is InChI=1S/C3H8N2O2S/c4-5-3(6)7-1-2-8/h8H,1-2,4H2,(H,5,6). The molecule has 0 spiro atoms. The van der Waals surface area contributed by atoms with Gasteiger partial charge in [0.05, 0.1) is 0 Å². The molecule has 4 nitrogen and oxygen atoms in total. The first-order chi connectivity index (χ1) is 3.81. The highest BCUT2D eigenvalue weighted by molar-refractivity contribution is 7.80. The Morgan fingerprint density at radius 1 is 1.88 bits per heavy atom. The second kappa shape index (κ2) is 4.73. The fourth-order valence-electron chi connectivity index (χ4n) is 0.180. The van der Waals surface area contributed by atoms with Crippen LogP contribution in [0, 0.1) is 0 Å². The summed E-state index contributed by atoms with van der Waals surface area (Å²) < 4.78 is 4.39. The molecule has 48 valence electrons. The van der Waals surface area contributed by atoms with Crippen molar-refractivity contribution in [3.05, 3.63) is 0 Å². The number of hydrogen-bond donors (Lipinski definition) is 3. The number of hydrogen-bond acceptors (Lipinski definition) is 4. The summed E-state index contributed by atoms with van der Waals surface area (Å²) in [6.45, 7) is 0.284. The molecule has 0 bridgehead atoms. The Kier molecular flexibility index (Phi) is 4.48. The SMILES string of the molecule is NNC(=O)OCCS. The predicted octanol–water partition coefficient (Wildman–Crippen LogP) is -0.484. The van der Waals surface area contributed by atoms with E-state index in [0.29, 0.717) is 5.75 Å². The van der Waals surface area contributed by atoms with Crippen LogP contribution in [0.2, 0.25) is 0 Å². The number of carbonyl (C=O) groups is 1. The van der Waals surface area contributed by atoms with E-state index in [2.05, 4.69) is 23.2 Å². The lowest BCUT2D eigenvalue weighted by Crippen LogP contribution is -2.31. The van der Waals surface area contributed by atoms with Gasteiger partial charge in [-0.25, -0.2) is 10.6 Å². The topological polar surface area (TPSA) is 64.3 Å². The number of rotatable bonds is 2. The van der Waals surface area contributed by atoms with Gasteiger partial charge in [-0.1, -0.05) is 0 Å². The normalized spacial score (nSPS) is 8.25. The Labute approximate surface area is 52.8 Å². The zero-order valence-corrected chi connectivity index (χ0v) is 5.15. The third-order valence-electron chi connectivity index (χ3n) is 0.442. The maximum absolute atomic E-state index is 10.1. The second-order valence-electron chi connectivity index (χ2n) is 1.00. The fourth-order valence-corrected chi connectivity index (χ4v) is 0.271. The molecule has 0 rings (SSSR count). The summed E-state index contributed by atoms with van der Waals surface area (Å²) >= 11 is 3.79. The van der Waals surface area contributed by atoms with Crippen LogP contribution in [0.5, 0.6) is 0 Å². The second-order valence-corrected chi connectivity index (χ2v) is 1.45. The number of carbonyl (C=O) groups excluding carboxylic acids is 1. The van der Waals surface area contributed by atoms with E-state index in [4.69, 9.17) is 0 Å². The van der Waals surface area contributed by atoms with Gasteiger partial charge in [0.15, 0.2) is 0 Å². The van der Waals surface area contributed by atoms with Gasteiger partial charge >= 0.3 is 6.09 Å². The van der Waals surface area contributed by atoms with Crippen molar-refractivity contribution in [2.45, 2.75) is 0 Å². The molecule has 0 saturated carbocycles. The van der Waals surface area contributed by atoms with Gasteiger partial charge in [-0.2, -0.15) is 12.6 Å². The number of thiol groups is 1. The minimum absolute atomic E-state index is 0.284. The minimum Gasteiger partial charge on any atom is -0.448 e. The third-order valence-corrected chi connectivity index (χ3v) is 0.625. The highest BCUT2D eigenvalue weighted by Gasteiger charge is 1.92. The average molecular weight is 136 g/mol. The zero-order chi connectivity index (χ0) is 6.41. The number of amides is 1.